The van der Waals surface area contributed by atoms with E-state index in [1.807, 2.05) is 84.9 Å². The minimum Gasteiger partial charge on any atom is -0.481 e. The maximum atomic E-state index is 14.5. The van der Waals surface area contributed by atoms with Gasteiger partial charge in [-0.25, -0.2) is 16.8 Å². The van der Waals surface area contributed by atoms with Crippen molar-refractivity contribution in [3.05, 3.63) is 263 Å². The largest absolute Gasteiger partial charge is 0.481 e. The molecule has 10 aromatic carbocycles. The lowest BCUT2D eigenvalue weighted by molar-refractivity contribution is 0.370. The zero-order chi connectivity index (χ0) is 51.4. The van der Waals surface area contributed by atoms with Crippen molar-refractivity contribution in [3.63, 3.8) is 0 Å². The summed E-state index contributed by atoms with van der Waals surface area (Å²) >= 11 is 1.62. The van der Waals surface area contributed by atoms with E-state index >= 15 is 0 Å². The minimum absolute atomic E-state index is 0.280. The fraction of sp³-hybridized carbons (Fsp3) is 0.0909. The first-order valence-electron chi connectivity index (χ1n) is 24.5. The Bertz CT molecular complexity index is 3910. The summed E-state index contributed by atoms with van der Waals surface area (Å²) in [5, 5.41) is 3.95. The van der Waals surface area contributed by atoms with E-state index < -0.39 is 30.5 Å². The molecule has 2 heterocycles. The molecular weight excluding hydrogens is 985 g/mol. The molecule has 0 unspecified atom stereocenters. The maximum Gasteiger partial charge on any atom is 0.207 e. The highest BCUT2D eigenvalue weighted by Crippen LogP contribution is 2.56. The van der Waals surface area contributed by atoms with E-state index in [-0.39, 0.29) is 19.6 Å². The van der Waals surface area contributed by atoms with Crippen LogP contribution in [0.4, 0.5) is 0 Å². The Hall–Kier alpha value is -8.31. The van der Waals surface area contributed by atoms with Crippen LogP contribution in [0.1, 0.15) is 58.4 Å². The normalized spacial score (nSPS) is 14.9. The van der Waals surface area contributed by atoms with Gasteiger partial charge in [0.15, 0.2) is 0 Å². The summed E-state index contributed by atoms with van der Waals surface area (Å²) in [6, 6.07) is 71.1. The first kappa shape index (κ1) is 47.7. The third kappa shape index (κ3) is 7.73. The molecule has 12 rings (SSSR count). The van der Waals surface area contributed by atoms with Crippen molar-refractivity contribution in [3.8, 4) is 35.2 Å². The van der Waals surface area contributed by atoms with Crippen molar-refractivity contribution in [1.29, 1.82) is 0 Å². The number of rotatable bonds is 10. The number of sulfone groups is 2. The molecule has 9 heteroatoms. The van der Waals surface area contributed by atoms with Gasteiger partial charge in [0.2, 0.25) is 19.7 Å². The summed E-state index contributed by atoms with van der Waals surface area (Å²) in [4.78, 5) is 3.09. The maximum absolute atomic E-state index is 14.5. The topological polar surface area (TPSA) is 86.7 Å². The van der Waals surface area contributed by atoms with Gasteiger partial charge in [-0.15, -0.1) is 11.8 Å². The predicted octanol–water partition coefficient (Wildman–Crippen LogP) is 14.0. The third-order valence-corrected chi connectivity index (χ3v) is 19.4. The molecule has 0 saturated carbocycles. The highest BCUT2D eigenvalue weighted by atomic mass is 32.2. The van der Waals surface area contributed by atoms with Crippen LogP contribution >= 0.6 is 11.8 Å². The summed E-state index contributed by atoms with van der Waals surface area (Å²) in [6.07, 6.45) is 0. The average Bonchev–Trinajstić information content (AvgIpc) is 3.46. The van der Waals surface area contributed by atoms with E-state index in [4.69, 9.17) is 9.47 Å². The van der Waals surface area contributed by atoms with E-state index in [0.29, 0.717) is 35.5 Å². The summed E-state index contributed by atoms with van der Waals surface area (Å²) in [7, 11) is -7.71. The Morgan fingerprint density at radius 3 is 1.03 bits per heavy atom. The summed E-state index contributed by atoms with van der Waals surface area (Å²) in [5.41, 5.74) is 4.46. The molecule has 2 aliphatic heterocycles. The molecule has 364 valence electrons. The molecule has 0 aromatic heterocycles. The van der Waals surface area contributed by atoms with Crippen LogP contribution in [0, 0.1) is 23.7 Å². The standard InChI is InChI=1S/C66H46O6S3/c1-3-5-39-71-53-33-25-45-41-51(27-23-47(45)43-53)65(57-15-7-11-19-61(57)74(67,68)62-20-12-8-16-58(62)65)49-29-35-55(36-30-49)73-56-37-31-50(32-38-56)66(52-28-24-48-44-54(72-40-6-4-2)34-26-46(48)42-52)59-17-9-13-21-63(59)75(69,70)64-22-14-10-18-60(64)66/h7-38,41-44H,39-40H2,1-2H3. The van der Waals surface area contributed by atoms with Crippen LogP contribution < -0.4 is 9.47 Å². The summed E-state index contributed by atoms with van der Waals surface area (Å²) in [6.45, 7) is 4.17. The average molecular weight is 1030 g/mol. The molecule has 0 amide bonds. The third-order valence-electron chi connectivity index (χ3n) is 14.6. The second-order valence-electron chi connectivity index (χ2n) is 18.5. The number of benzene rings is 10. The van der Waals surface area contributed by atoms with Gasteiger partial charge in [0.1, 0.15) is 24.7 Å². The molecule has 0 saturated heterocycles. The summed E-state index contributed by atoms with van der Waals surface area (Å²) in [5.74, 6) is 13.1. The van der Waals surface area contributed by atoms with Crippen molar-refractivity contribution in [1.82, 2.24) is 0 Å². The Morgan fingerprint density at radius 1 is 0.373 bits per heavy atom. The second-order valence-corrected chi connectivity index (χ2v) is 23.4. The monoisotopic (exact) mass is 1030 g/mol. The molecule has 0 bridgehead atoms. The molecule has 75 heavy (non-hydrogen) atoms. The molecule has 0 radical (unpaired) electrons. The van der Waals surface area contributed by atoms with Gasteiger partial charge >= 0.3 is 0 Å². The lowest BCUT2D eigenvalue weighted by atomic mass is 9.64. The highest BCUT2D eigenvalue weighted by molar-refractivity contribution is 7.99. The molecule has 10 aromatic rings. The quantitative estimate of drug-likeness (QED) is 0.126. The zero-order valence-electron chi connectivity index (χ0n) is 40.9. The molecule has 0 atom stereocenters. The highest BCUT2D eigenvalue weighted by Gasteiger charge is 2.50. The van der Waals surface area contributed by atoms with Crippen LogP contribution in [0.3, 0.4) is 0 Å². The molecular formula is C66H46O6S3. The second kappa shape index (κ2) is 18.9. The van der Waals surface area contributed by atoms with Gasteiger partial charge in [-0.3, -0.25) is 0 Å². The molecule has 0 N–H and O–H groups in total. The Kier molecular flexibility index (Phi) is 12.0. The molecule has 0 aliphatic carbocycles. The smallest absolute Gasteiger partial charge is 0.207 e. The van der Waals surface area contributed by atoms with Crippen molar-refractivity contribution in [2.75, 3.05) is 13.2 Å². The number of hydrogen-bond donors (Lipinski definition) is 0. The van der Waals surface area contributed by atoms with Gasteiger partial charge in [0.25, 0.3) is 0 Å². The van der Waals surface area contributed by atoms with Crippen LogP contribution in [0.25, 0.3) is 21.5 Å². The van der Waals surface area contributed by atoms with Gasteiger partial charge in [0.05, 0.1) is 30.4 Å². The van der Waals surface area contributed by atoms with E-state index in [2.05, 4.69) is 109 Å². The van der Waals surface area contributed by atoms with Crippen molar-refractivity contribution in [2.24, 2.45) is 0 Å². The lowest BCUT2D eigenvalue weighted by Gasteiger charge is -2.42. The van der Waals surface area contributed by atoms with Gasteiger partial charge in [0, 0.05) is 9.79 Å². The Labute approximate surface area is 441 Å². The van der Waals surface area contributed by atoms with Gasteiger partial charge in [-0.05, 0) is 165 Å². The van der Waals surface area contributed by atoms with Crippen LogP contribution in [-0.2, 0) is 30.5 Å². The van der Waals surface area contributed by atoms with E-state index in [1.54, 1.807) is 74.1 Å². The molecule has 2 aliphatic rings. The van der Waals surface area contributed by atoms with Crippen LogP contribution in [-0.4, -0.2) is 30.0 Å². The van der Waals surface area contributed by atoms with Crippen LogP contribution in [0.15, 0.2) is 248 Å². The van der Waals surface area contributed by atoms with E-state index in [0.717, 1.165) is 65.1 Å². The minimum atomic E-state index is -3.85. The first-order valence-corrected chi connectivity index (χ1v) is 28.3. The zero-order valence-corrected chi connectivity index (χ0v) is 43.3. The number of ether oxygens (including phenoxy) is 2. The van der Waals surface area contributed by atoms with E-state index in [9.17, 15) is 16.8 Å². The van der Waals surface area contributed by atoms with Crippen molar-refractivity contribution < 1.29 is 26.3 Å². The summed E-state index contributed by atoms with van der Waals surface area (Å²) < 4.78 is 69.7. The first-order chi connectivity index (χ1) is 36.6. The van der Waals surface area contributed by atoms with Gasteiger partial charge < -0.3 is 9.47 Å². The predicted molar refractivity (Wildman–Crippen MR) is 297 cm³/mol. The van der Waals surface area contributed by atoms with E-state index in [1.165, 1.54) is 0 Å². The molecule has 0 spiro atoms. The number of fused-ring (bicyclic) bond motifs is 6. The van der Waals surface area contributed by atoms with Crippen molar-refractivity contribution >= 4 is 53.0 Å². The SMILES string of the molecule is CC#CCOc1ccc2cc(C3(c4ccc(Sc5ccc(C6(c7ccc8cc(OCC#CC)ccc8c7)c7ccccc7S(=O)(=O)c7ccccc76)cc5)cc4)c4ccccc4S(=O)(=O)c4ccccc43)ccc2c1. The fourth-order valence-corrected chi connectivity index (χ4v) is 15.7. The number of hydrogen-bond acceptors (Lipinski definition) is 7. The van der Waals surface area contributed by atoms with Gasteiger partial charge in [-0.1, -0.05) is 157 Å². The Balaban J connectivity index is 0.957. The Morgan fingerprint density at radius 2 is 0.680 bits per heavy atom. The van der Waals surface area contributed by atoms with Crippen LogP contribution in [0.5, 0.6) is 11.5 Å². The van der Waals surface area contributed by atoms with Crippen LogP contribution in [0.2, 0.25) is 0 Å². The van der Waals surface area contributed by atoms with Gasteiger partial charge in [-0.2, -0.15) is 0 Å². The molecule has 6 nitrogen and oxygen atoms in total. The molecule has 0 fully saturated rings. The van der Waals surface area contributed by atoms with Crippen molar-refractivity contribution in [2.45, 2.75) is 54.1 Å². The lowest BCUT2D eigenvalue weighted by Crippen LogP contribution is -2.37. The fourth-order valence-electron chi connectivity index (χ4n) is 11.3.